The van der Waals surface area contributed by atoms with Gasteiger partial charge in [-0.3, -0.25) is 0 Å². The zero-order valence-corrected chi connectivity index (χ0v) is 17.2. The average molecular weight is 363 g/mol. The van der Waals surface area contributed by atoms with Crippen LogP contribution in [0.15, 0.2) is 0 Å². The Labute approximate surface area is 157 Å². The van der Waals surface area contributed by atoms with Crippen LogP contribution in [0.4, 0.5) is 0 Å². The van der Waals surface area contributed by atoms with E-state index in [-0.39, 0.29) is 33.9 Å². The first kappa shape index (κ1) is 18.3. The number of esters is 2. The molecule has 0 radical (unpaired) electrons. The summed E-state index contributed by atoms with van der Waals surface area (Å²) in [5.74, 6) is -0.425. The molecule has 0 amide bonds. The number of hydrogen-bond donors (Lipinski definition) is 0. The molecule has 0 heterocycles. The Morgan fingerprint density at radius 2 is 1.04 bits per heavy atom. The molecule has 2 unspecified atom stereocenters. The van der Waals surface area contributed by atoms with Crippen molar-refractivity contribution in [2.24, 2.45) is 33.5 Å². The second kappa shape index (κ2) is 5.26. The van der Waals surface area contributed by atoms with Crippen molar-refractivity contribution in [1.82, 2.24) is 0 Å². The Hall–Kier alpha value is -1.06. The molecule has 4 bridgehead atoms. The lowest BCUT2D eigenvalue weighted by Gasteiger charge is -2.39. The highest BCUT2D eigenvalue weighted by Gasteiger charge is 2.64. The molecule has 146 valence electrons. The lowest BCUT2D eigenvalue weighted by atomic mass is 9.70. The third-order valence-electron chi connectivity index (χ3n) is 10.1. The summed E-state index contributed by atoms with van der Waals surface area (Å²) in [5.41, 5.74) is 0.246. The summed E-state index contributed by atoms with van der Waals surface area (Å²) >= 11 is 0. The molecule has 0 saturated heterocycles. The molecule has 0 aromatic carbocycles. The summed E-state index contributed by atoms with van der Waals surface area (Å²) in [4.78, 5) is 25.0. The summed E-state index contributed by atoms with van der Waals surface area (Å²) in [6.45, 7) is 13.5. The largest absolute Gasteiger partial charge is 0.453 e. The monoisotopic (exact) mass is 362 g/mol. The molecule has 4 rings (SSSR count). The Bertz CT molecular complexity index is 595. The number of carbonyl (C=O) groups is 2. The van der Waals surface area contributed by atoms with E-state index in [2.05, 4.69) is 41.5 Å². The number of hydrogen-bond acceptors (Lipinski definition) is 4. The fraction of sp³-hybridized carbons (Fsp3) is 0.909. The van der Waals surface area contributed by atoms with E-state index in [1.54, 1.807) is 0 Å². The highest BCUT2D eigenvalue weighted by Crippen LogP contribution is 2.67. The first-order valence-electron chi connectivity index (χ1n) is 10.3. The Morgan fingerprint density at radius 1 is 0.692 bits per heavy atom. The van der Waals surface area contributed by atoms with Crippen molar-refractivity contribution in [1.29, 1.82) is 0 Å². The maximum absolute atomic E-state index is 12.5. The fourth-order valence-electron chi connectivity index (χ4n) is 6.97. The first-order chi connectivity index (χ1) is 11.9. The highest BCUT2D eigenvalue weighted by molar-refractivity contribution is 6.29. The predicted octanol–water partition coefficient (Wildman–Crippen LogP) is 4.50. The molecular formula is C22H34O4. The SMILES string of the molecule is CC1(C)[C@@H]2CC[C@]1(C)C(OC(=O)C(=O)OC1C[C@H]3CC[C@@]1(C)C3(C)C)C2. The van der Waals surface area contributed by atoms with E-state index in [4.69, 9.17) is 9.47 Å². The molecule has 6 atom stereocenters. The van der Waals surface area contributed by atoms with Crippen molar-refractivity contribution >= 4 is 11.9 Å². The molecule has 0 aromatic rings. The number of fused-ring (bicyclic) bond motifs is 4. The highest BCUT2D eigenvalue weighted by atomic mass is 16.6. The summed E-state index contributed by atoms with van der Waals surface area (Å²) in [5, 5.41) is 0. The van der Waals surface area contributed by atoms with Gasteiger partial charge >= 0.3 is 11.9 Å². The van der Waals surface area contributed by atoms with Gasteiger partial charge in [0, 0.05) is 10.8 Å². The smallest absolute Gasteiger partial charge is 0.417 e. The van der Waals surface area contributed by atoms with Crippen LogP contribution in [0.5, 0.6) is 0 Å². The van der Waals surface area contributed by atoms with Gasteiger partial charge in [-0.05, 0) is 61.2 Å². The molecule has 4 fully saturated rings. The van der Waals surface area contributed by atoms with Crippen molar-refractivity contribution in [2.45, 2.75) is 92.3 Å². The van der Waals surface area contributed by atoms with Gasteiger partial charge in [-0.1, -0.05) is 41.5 Å². The molecular weight excluding hydrogens is 328 g/mol. The standard InChI is InChI=1S/C22H34O4/c1-19(2)13-7-9-21(19,5)15(11-13)25-17(23)18(24)26-16-12-14-8-10-22(16,6)20(14,3)4/h13-16H,7-12H2,1-6H3/t13-,14-,15?,16?,21-,22-/m1/s1. The molecule has 26 heavy (non-hydrogen) atoms. The van der Waals surface area contributed by atoms with Crippen LogP contribution in [0.1, 0.15) is 80.1 Å². The van der Waals surface area contributed by atoms with Gasteiger partial charge in [0.1, 0.15) is 12.2 Å². The quantitative estimate of drug-likeness (QED) is 0.536. The molecule has 0 spiro atoms. The van der Waals surface area contributed by atoms with Crippen molar-refractivity contribution < 1.29 is 19.1 Å². The van der Waals surface area contributed by atoms with Gasteiger partial charge in [-0.2, -0.15) is 0 Å². The minimum absolute atomic E-state index is 0.0337. The molecule has 4 aliphatic carbocycles. The Balaban J connectivity index is 1.41. The molecule has 0 N–H and O–H groups in total. The zero-order chi connectivity index (χ0) is 19.1. The van der Waals surface area contributed by atoms with Gasteiger partial charge in [0.05, 0.1) is 0 Å². The van der Waals surface area contributed by atoms with Crippen LogP contribution < -0.4 is 0 Å². The van der Waals surface area contributed by atoms with Gasteiger partial charge < -0.3 is 9.47 Å². The van der Waals surface area contributed by atoms with Crippen LogP contribution in [0, 0.1) is 33.5 Å². The minimum Gasteiger partial charge on any atom is -0.453 e. The van der Waals surface area contributed by atoms with E-state index in [0.717, 1.165) is 25.7 Å². The molecule has 0 aliphatic heterocycles. The maximum Gasteiger partial charge on any atom is 0.417 e. The molecule has 4 aliphatic rings. The lowest BCUT2D eigenvalue weighted by molar-refractivity contribution is -0.182. The van der Waals surface area contributed by atoms with E-state index in [9.17, 15) is 9.59 Å². The second-order valence-corrected chi connectivity index (χ2v) is 11.0. The van der Waals surface area contributed by atoms with Crippen LogP contribution in [0.3, 0.4) is 0 Å². The van der Waals surface area contributed by atoms with Crippen molar-refractivity contribution in [3.8, 4) is 0 Å². The summed E-state index contributed by atoms with van der Waals surface area (Å²) in [6.07, 6.45) is 5.93. The minimum atomic E-state index is -0.788. The topological polar surface area (TPSA) is 52.6 Å². The van der Waals surface area contributed by atoms with E-state index < -0.39 is 11.9 Å². The van der Waals surface area contributed by atoms with Crippen LogP contribution in [-0.2, 0) is 19.1 Å². The lowest BCUT2D eigenvalue weighted by Crippen LogP contribution is -2.42. The zero-order valence-electron chi connectivity index (χ0n) is 17.2. The van der Waals surface area contributed by atoms with Crippen LogP contribution in [0.25, 0.3) is 0 Å². The third kappa shape index (κ3) is 2.08. The summed E-state index contributed by atoms with van der Waals surface area (Å²) < 4.78 is 11.4. The van der Waals surface area contributed by atoms with Gasteiger partial charge in [-0.15, -0.1) is 0 Å². The van der Waals surface area contributed by atoms with Gasteiger partial charge in [0.25, 0.3) is 0 Å². The predicted molar refractivity (Wildman–Crippen MR) is 98.2 cm³/mol. The summed E-state index contributed by atoms with van der Waals surface area (Å²) in [7, 11) is 0. The number of carbonyl (C=O) groups excluding carboxylic acids is 2. The van der Waals surface area contributed by atoms with Crippen LogP contribution in [-0.4, -0.2) is 24.1 Å². The first-order valence-corrected chi connectivity index (χ1v) is 10.3. The molecule has 4 heteroatoms. The van der Waals surface area contributed by atoms with Crippen molar-refractivity contribution in [3.05, 3.63) is 0 Å². The van der Waals surface area contributed by atoms with Crippen molar-refractivity contribution in [3.63, 3.8) is 0 Å². The van der Waals surface area contributed by atoms with Gasteiger partial charge in [0.15, 0.2) is 0 Å². The third-order valence-corrected chi connectivity index (χ3v) is 10.1. The molecule has 4 saturated carbocycles. The Kier molecular flexibility index (Phi) is 3.70. The van der Waals surface area contributed by atoms with E-state index in [1.807, 2.05) is 0 Å². The van der Waals surface area contributed by atoms with E-state index >= 15 is 0 Å². The van der Waals surface area contributed by atoms with Crippen molar-refractivity contribution in [2.75, 3.05) is 0 Å². The number of rotatable bonds is 2. The molecule has 4 nitrogen and oxygen atoms in total. The Morgan fingerprint density at radius 3 is 1.27 bits per heavy atom. The average Bonchev–Trinajstić information content (AvgIpc) is 3.06. The normalized spacial score (nSPS) is 47.2. The number of ether oxygens (including phenoxy) is 2. The molecule has 0 aromatic heterocycles. The van der Waals surface area contributed by atoms with Crippen LogP contribution in [0.2, 0.25) is 0 Å². The second-order valence-electron chi connectivity index (χ2n) is 11.0. The van der Waals surface area contributed by atoms with Gasteiger partial charge in [-0.25, -0.2) is 9.59 Å². The van der Waals surface area contributed by atoms with Gasteiger partial charge in [0.2, 0.25) is 0 Å². The fourth-order valence-corrected chi connectivity index (χ4v) is 6.97. The maximum atomic E-state index is 12.5. The van der Waals surface area contributed by atoms with E-state index in [0.29, 0.717) is 11.8 Å². The van der Waals surface area contributed by atoms with Crippen LogP contribution >= 0.6 is 0 Å². The van der Waals surface area contributed by atoms with E-state index in [1.165, 1.54) is 12.8 Å². The summed E-state index contributed by atoms with van der Waals surface area (Å²) in [6, 6.07) is 0.